The van der Waals surface area contributed by atoms with Crippen molar-refractivity contribution in [3.8, 4) is 11.5 Å². The topological polar surface area (TPSA) is 74.1 Å². The first-order chi connectivity index (χ1) is 12.7. The van der Waals surface area contributed by atoms with Gasteiger partial charge in [-0.15, -0.1) is 0 Å². The van der Waals surface area contributed by atoms with Gasteiger partial charge in [-0.05, 0) is 40.6 Å². The number of nitrogens with zero attached hydrogens (tertiary/aromatic N) is 4. The summed E-state index contributed by atoms with van der Waals surface area (Å²) >= 11 is 3.54. The normalized spacial score (nSPS) is 18.7. The Hall–Kier alpha value is -2.61. The highest BCUT2D eigenvalue weighted by Crippen LogP contribution is 2.43. The smallest absolute Gasteiger partial charge is 0.243 e. The third-order valence-corrected chi connectivity index (χ3v) is 5.09. The Labute approximate surface area is 159 Å². The summed E-state index contributed by atoms with van der Waals surface area (Å²) in [6.45, 7) is 0. The van der Waals surface area contributed by atoms with E-state index in [2.05, 4.69) is 48.9 Å². The molecule has 8 heteroatoms. The molecule has 4 rings (SSSR count). The van der Waals surface area contributed by atoms with E-state index >= 15 is 0 Å². The van der Waals surface area contributed by atoms with Gasteiger partial charge in [0.15, 0.2) is 11.5 Å². The Balaban J connectivity index is 1.79. The van der Waals surface area contributed by atoms with Crippen molar-refractivity contribution in [3.63, 3.8) is 0 Å². The molecule has 1 aliphatic rings. The molecule has 0 aliphatic carbocycles. The predicted octanol–water partition coefficient (Wildman–Crippen LogP) is 3.60. The van der Waals surface area contributed by atoms with Gasteiger partial charge in [0.2, 0.25) is 5.95 Å². The molecule has 0 unspecified atom stereocenters. The molecule has 1 aliphatic heterocycles. The predicted molar refractivity (Wildman–Crippen MR) is 101 cm³/mol. The lowest BCUT2D eigenvalue weighted by molar-refractivity contribution is 0.339. The fourth-order valence-electron chi connectivity index (χ4n) is 3.41. The van der Waals surface area contributed by atoms with E-state index in [9.17, 15) is 0 Å². The number of fused-ring (bicyclic) bond motifs is 1. The van der Waals surface area contributed by atoms with E-state index in [4.69, 9.17) is 9.47 Å². The number of nitrogens with one attached hydrogen (secondary N) is 1. The van der Waals surface area contributed by atoms with Crippen molar-refractivity contribution in [1.82, 2.24) is 20.2 Å². The molecule has 0 saturated carbocycles. The Morgan fingerprint density at radius 3 is 2.77 bits per heavy atom. The number of benzene rings is 2. The highest BCUT2D eigenvalue weighted by Gasteiger charge is 2.33. The van der Waals surface area contributed by atoms with Gasteiger partial charge in [-0.25, -0.2) is 4.68 Å². The second kappa shape index (κ2) is 6.95. The molecule has 0 amide bonds. The number of methoxy groups -OCH3 is 2. The Morgan fingerprint density at radius 2 is 2.00 bits per heavy atom. The van der Waals surface area contributed by atoms with Crippen molar-refractivity contribution >= 4 is 21.9 Å². The van der Waals surface area contributed by atoms with E-state index < -0.39 is 0 Å². The van der Waals surface area contributed by atoms with E-state index in [1.165, 1.54) is 5.56 Å². The summed E-state index contributed by atoms with van der Waals surface area (Å²) in [5, 5.41) is 15.6. The molecule has 2 aromatic carbocycles. The highest BCUT2D eigenvalue weighted by atomic mass is 79.9. The summed E-state index contributed by atoms with van der Waals surface area (Å²) in [5.41, 5.74) is 2.15. The van der Waals surface area contributed by atoms with Gasteiger partial charge >= 0.3 is 0 Å². The molecule has 1 N–H and O–H groups in total. The van der Waals surface area contributed by atoms with Crippen LogP contribution in [0.3, 0.4) is 0 Å². The SMILES string of the molecule is COc1cccc([C@@H]2C[C@@H](c3cccc(Br)c3)Nc3nnnn32)c1OC. The first-order valence-corrected chi connectivity index (χ1v) is 9.01. The first kappa shape index (κ1) is 16.8. The summed E-state index contributed by atoms with van der Waals surface area (Å²) in [6.07, 6.45) is 0.776. The zero-order valence-electron chi connectivity index (χ0n) is 14.4. The number of halogens is 1. The molecular weight excluding hydrogens is 398 g/mol. The standard InChI is InChI=1S/C18H18BrN5O2/c1-25-16-8-4-7-13(17(16)26-2)15-10-14(11-5-3-6-12(19)9-11)20-18-21-22-23-24(15)18/h3-9,14-15H,10H2,1-2H3,(H,20,21,23)/t14-,15-/m0/s1. The summed E-state index contributed by atoms with van der Waals surface area (Å²) in [4.78, 5) is 0. The number of tetrazole rings is 1. The van der Waals surface area contributed by atoms with E-state index in [-0.39, 0.29) is 12.1 Å². The largest absolute Gasteiger partial charge is 0.493 e. The summed E-state index contributed by atoms with van der Waals surface area (Å²) < 4.78 is 13.9. The van der Waals surface area contributed by atoms with E-state index in [0.29, 0.717) is 17.4 Å². The van der Waals surface area contributed by atoms with Crippen molar-refractivity contribution in [2.45, 2.75) is 18.5 Å². The second-order valence-corrected chi connectivity index (χ2v) is 6.95. The maximum absolute atomic E-state index is 5.64. The fourth-order valence-corrected chi connectivity index (χ4v) is 3.83. The number of rotatable bonds is 4. The molecular formula is C18H18BrN5O2. The first-order valence-electron chi connectivity index (χ1n) is 8.22. The van der Waals surface area contributed by atoms with Crippen molar-refractivity contribution in [2.75, 3.05) is 19.5 Å². The number of ether oxygens (including phenoxy) is 2. The molecule has 3 aromatic rings. The molecule has 1 aromatic heterocycles. The molecule has 2 atom stereocenters. The van der Waals surface area contributed by atoms with E-state index in [0.717, 1.165) is 16.5 Å². The molecule has 0 radical (unpaired) electrons. The van der Waals surface area contributed by atoms with Crippen molar-refractivity contribution in [3.05, 3.63) is 58.1 Å². The van der Waals surface area contributed by atoms with Crippen molar-refractivity contribution in [1.29, 1.82) is 0 Å². The molecule has 0 saturated heterocycles. The van der Waals surface area contributed by atoms with Gasteiger partial charge in [-0.2, -0.15) is 0 Å². The van der Waals surface area contributed by atoms with Crippen LogP contribution in [0, 0.1) is 0 Å². The fraction of sp³-hybridized carbons (Fsp3) is 0.278. The lowest BCUT2D eigenvalue weighted by Gasteiger charge is -2.32. The van der Waals surface area contributed by atoms with Crippen LogP contribution in [-0.2, 0) is 0 Å². The van der Waals surface area contributed by atoms with Crippen LogP contribution < -0.4 is 14.8 Å². The molecule has 0 spiro atoms. The Morgan fingerprint density at radius 1 is 1.15 bits per heavy atom. The minimum absolute atomic E-state index is 0.0738. The van der Waals surface area contributed by atoms with E-state index in [1.807, 2.05) is 30.3 Å². The van der Waals surface area contributed by atoms with E-state index in [1.54, 1.807) is 18.9 Å². The van der Waals surface area contributed by atoms with Crippen LogP contribution in [0.15, 0.2) is 46.9 Å². The average Bonchev–Trinajstić information content (AvgIpc) is 3.15. The summed E-state index contributed by atoms with van der Waals surface area (Å²) in [7, 11) is 3.28. The van der Waals surface area contributed by atoms with Crippen LogP contribution in [0.5, 0.6) is 11.5 Å². The van der Waals surface area contributed by atoms with Crippen LogP contribution in [0.4, 0.5) is 5.95 Å². The van der Waals surface area contributed by atoms with Gasteiger partial charge in [-0.1, -0.05) is 45.3 Å². The maximum Gasteiger partial charge on any atom is 0.243 e. The Kier molecular flexibility index (Phi) is 4.50. The highest BCUT2D eigenvalue weighted by molar-refractivity contribution is 9.10. The molecule has 0 bridgehead atoms. The molecule has 7 nitrogen and oxygen atoms in total. The summed E-state index contributed by atoms with van der Waals surface area (Å²) in [5.74, 6) is 2.03. The summed E-state index contributed by atoms with van der Waals surface area (Å²) in [6, 6.07) is 14.1. The molecule has 26 heavy (non-hydrogen) atoms. The van der Waals surface area contributed by atoms with Crippen molar-refractivity contribution in [2.24, 2.45) is 0 Å². The van der Waals surface area contributed by atoms with Crippen LogP contribution >= 0.6 is 15.9 Å². The third-order valence-electron chi connectivity index (χ3n) is 4.59. The minimum Gasteiger partial charge on any atom is -0.493 e. The van der Waals surface area contributed by atoms with Crippen LogP contribution in [0.2, 0.25) is 0 Å². The van der Waals surface area contributed by atoms with Crippen LogP contribution in [-0.4, -0.2) is 34.4 Å². The third kappa shape index (κ3) is 2.90. The second-order valence-electron chi connectivity index (χ2n) is 6.03. The van der Waals surface area contributed by atoms with Gasteiger partial charge in [0, 0.05) is 10.0 Å². The van der Waals surface area contributed by atoms with Crippen LogP contribution in [0.25, 0.3) is 0 Å². The number of aromatic nitrogens is 4. The molecule has 134 valence electrons. The van der Waals surface area contributed by atoms with Crippen molar-refractivity contribution < 1.29 is 9.47 Å². The zero-order valence-corrected chi connectivity index (χ0v) is 16.0. The Bertz CT molecular complexity index is 929. The lowest BCUT2D eigenvalue weighted by Crippen LogP contribution is -2.28. The maximum atomic E-state index is 5.64. The van der Waals surface area contributed by atoms with Gasteiger partial charge in [0.25, 0.3) is 0 Å². The number of anilines is 1. The van der Waals surface area contributed by atoms with Crippen LogP contribution in [0.1, 0.15) is 29.6 Å². The zero-order chi connectivity index (χ0) is 18.1. The quantitative estimate of drug-likeness (QED) is 0.701. The van der Waals surface area contributed by atoms with Gasteiger partial charge in [0.1, 0.15) is 0 Å². The number of hydrogen-bond donors (Lipinski definition) is 1. The molecule has 0 fully saturated rings. The monoisotopic (exact) mass is 415 g/mol. The number of hydrogen-bond acceptors (Lipinski definition) is 6. The molecule has 2 heterocycles. The lowest BCUT2D eigenvalue weighted by atomic mass is 9.92. The van der Waals surface area contributed by atoms with Gasteiger partial charge in [0.05, 0.1) is 26.3 Å². The van der Waals surface area contributed by atoms with Gasteiger partial charge in [-0.3, -0.25) is 0 Å². The minimum atomic E-state index is -0.0738. The van der Waals surface area contributed by atoms with Gasteiger partial charge < -0.3 is 14.8 Å². The average molecular weight is 416 g/mol. The number of para-hydroxylation sites is 1.